The second-order valence-corrected chi connectivity index (χ2v) is 5.15. The largest absolute Gasteiger partial charge is 0.495 e. The number of nitrogens with zero attached hydrogens (tertiary/aromatic N) is 2. The van der Waals surface area contributed by atoms with Gasteiger partial charge < -0.3 is 10.1 Å². The molecule has 110 valence electrons. The predicted molar refractivity (Wildman–Crippen MR) is 75.5 cm³/mol. The molecule has 1 atom stereocenters. The van der Waals surface area contributed by atoms with Crippen LogP contribution in [0.5, 0.6) is 5.75 Å². The van der Waals surface area contributed by atoms with Crippen molar-refractivity contribution in [3.05, 3.63) is 29.3 Å². The molecule has 0 aromatic heterocycles. The molecule has 1 aromatic rings. The second kappa shape index (κ2) is 5.44. The highest BCUT2D eigenvalue weighted by atomic mass is 16.5. The minimum absolute atomic E-state index is 0.138. The summed E-state index contributed by atoms with van der Waals surface area (Å²) in [6, 6.07) is 6.65. The van der Waals surface area contributed by atoms with Gasteiger partial charge in [-0.05, 0) is 31.0 Å². The van der Waals surface area contributed by atoms with E-state index < -0.39 is 11.6 Å². The number of nitriles is 1. The van der Waals surface area contributed by atoms with E-state index in [0.717, 1.165) is 0 Å². The molecule has 1 saturated heterocycles. The predicted octanol–water partition coefficient (Wildman–Crippen LogP) is 1.79. The first kappa shape index (κ1) is 14.9. The van der Waals surface area contributed by atoms with Gasteiger partial charge in [-0.25, -0.2) is 4.79 Å². The van der Waals surface area contributed by atoms with Crippen molar-refractivity contribution >= 4 is 11.9 Å². The Kier molecular flexibility index (Phi) is 3.85. The number of methoxy groups -OCH3 is 1. The van der Waals surface area contributed by atoms with Gasteiger partial charge in [-0.3, -0.25) is 9.69 Å². The Balaban J connectivity index is 2.25. The van der Waals surface area contributed by atoms with Crippen molar-refractivity contribution in [1.82, 2.24) is 10.2 Å². The zero-order valence-corrected chi connectivity index (χ0v) is 12.3. The molecule has 1 N–H and O–H groups in total. The topological polar surface area (TPSA) is 82.4 Å². The molecule has 0 aliphatic carbocycles. The van der Waals surface area contributed by atoms with Crippen LogP contribution in [-0.4, -0.2) is 29.5 Å². The summed E-state index contributed by atoms with van der Waals surface area (Å²) in [5, 5.41) is 11.8. The average Bonchev–Trinajstić information content (AvgIpc) is 2.71. The van der Waals surface area contributed by atoms with Crippen molar-refractivity contribution < 1.29 is 14.3 Å². The lowest BCUT2D eigenvalue weighted by Gasteiger charge is -2.19. The van der Waals surface area contributed by atoms with Gasteiger partial charge in [-0.15, -0.1) is 0 Å². The molecule has 1 fully saturated rings. The fraction of sp³-hybridized carbons (Fsp3) is 0.400. The van der Waals surface area contributed by atoms with E-state index in [1.54, 1.807) is 25.1 Å². The molecule has 0 bridgehead atoms. The summed E-state index contributed by atoms with van der Waals surface area (Å²) >= 11 is 0. The summed E-state index contributed by atoms with van der Waals surface area (Å²) < 4.78 is 5.07. The van der Waals surface area contributed by atoms with Gasteiger partial charge in [0, 0.05) is 0 Å². The van der Waals surface area contributed by atoms with Crippen LogP contribution < -0.4 is 10.1 Å². The van der Waals surface area contributed by atoms with E-state index in [4.69, 9.17) is 10.00 Å². The van der Waals surface area contributed by atoms with E-state index in [2.05, 4.69) is 5.32 Å². The Morgan fingerprint density at radius 1 is 1.43 bits per heavy atom. The molecule has 0 saturated carbocycles. The molecule has 1 aliphatic rings. The Bertz CT molecular complexity index is 636. The number of imide groups is 1. The lowest BCUT2D eigenvalue weighted by atomic mass is 9.99. The van der Waals surface area contributed by atoms with Crippen molar-refractivity contribution in [2.75, 3.05) is 7.11 Å². The summed E-state index contributed by atoms with van der Waals surface area (Å²) in [6.45, 7) is 3.70. The van der Waals surface area contributed by atoms with E-state index in [9.17, 15) is 9.59 Å². The summed E-state index contributed by atoms with van der Waals surface area (Å²) in [7, 11) is 1.49. The highest BCUT2D eigenvalue weighted by Gasteiger charge is 2.46. The van der Waals surface area contributed by atoms with Gasteiger partial charge in [-0.1, -0.05) is 13.0 Å². The lowest BCUT2D eigenvalue weighted by molar-refractivity contribution is -0.131. The van der Waals surface area contributed by atoms with Crippen LogP contribution in [0.15, 0.2) is 18.2 Å². The first-order chi connectivity index (χ1) is 9.95. The van der Waals surface area contributed by atoms with Gasteiger partial charge in [-0.2, -0.15) is 5.26 Å². The number of nitrogens with one attached hydrogen (secondary N) is 1. The Hall–Kier alpha value is -2.55. The van der Waals surface area contributed by atoms with Crippen molar-refractivity contribution in [3.63, 3.8) is 0 Å². The van der Waals surface area contributed by atoms with Crippen molar-refractivity contribution in [2.24, 2.45) is 0 Å². The van der Waals surface area contributed by atoms with Crippen LogP contribution in [0.2, 0.25) is 0 Å². The molecule has 0 radical (unpaired) electrons. The number of rotatable bonds is 4. The molecule has 1 heterocycles. The van der Waals surface area contributed by atoms with Crippen LogP contribution in [0.25, 0.3) is 0 Å². The molecular weight excluding hydrogens is 270 g/mol. The molecule has 0 spiro atoms. The van der Waals surface area contributed by atoms with Crippen LogP contribution in [-0.2, 0) is 11.3 Å². The third-order valence-electron chi connectivity index (χ3n) is 3.78. The van der Waals surface area contributed by atoms with Gasteiger partial charge >= 0.3 is 6.03 Å². The Labute approximate surface area is 123 Å². The highest BCUT2D eigenvalue weighted by molar-refractivity contribution is 6.06. The fourth-order valence-corrected chi connectivity index (χ4v) is 2.25. The minimum Gasteiger partial charge on any atom is -0.495 e. The van der Waals surface area contributed by atoms with Gasteiger partial charge in [0.25, 0.3) is 5.91 Å². The number of amides is 3. The monoisotopic (exact) mass is 287 g/mol. The number of carbonyl (C=O) groups is 2. The van der Waals surface area contributed by atoms with Crippen LogP contribution in [0.1, 0.15) is 31.4 Å². The number of hydrogen-bond acceptors (Lipinski definition) is 4. The smallest absolute Gasteiger partial charge is 0.325 e. The Morgan fingerprint density at radius 2 is 2.14 bits per heavy atom. The minimum atomic E-state index is -0.846. The van der Waals surface area contributed by atoms with Gasteiger partial charge in [0.15, 0.2) is 0 Å². The number of urea groups is 1. The molecule has 1 unspecified atom stereocenters. The van der Waals surface area contributed by atoms with E-state index in [0.29, 0.717) is 23.3 Å². The number of benzene rings is 1. The van der Waals surface area contributed by atoms with Gasteiger partial charge in [0.1, 0.15) is 17.4 Å². The molecular formula is C15H17N3O3. The molecule has 2 rings (SSSR count). The normalized spacial score (nSPS) is 21.1. The first-order valence-corrected chi connectivity index (χ1v) is 6.66. The van der Waals surface area contributed by atoms with Crippen molar-refractivity contribution in [3.8, 4) is 11.8 Å². The van der Waals surface area contributed by atoms with Crippen LogP contribution in [0.3, 0.4) is 0 Å². The van der Waals surface area contributed by atoms with E-state index in [1.165, 1.54) is 12.0 Å². The van der Waals surface area contributed by atoms with Crippen LogP contribution in [0, 0.1) is 11.3 Å². The third kappa shape index (κ3) is 2.55. The fourth-order valence-electron chi connectivity index (χ4n) is 2.25. The maximum atomic E-state index is 12.3. The second-order valence-electron chi connectivity index (χ2n) is 5.15. The quantitative estimate of drug-likeness (QED) is 0.856. The van der Waals surface area contributed by atoms with Gasteiger partial charge in [0.05, 0.1) is 19.2 Å². The number of ether oxygens (including phenoxy) is 1. The number of hydrogen-bond donors (Lipinski definition) is 1. The zero-order chi connectivity index (χ0) is 15.6. The van der Waals surface area contributed by atoms with E-state index in [1.807, 2.05) is 13.0 Å². The number of carbonyl (C=O) groups excluding carboxylic acids is 2. The molecule has 6 heteroatoms. The molecule has 1 aliphatic heterocycles. The maximum absolute atomic E-state index is 12.3. The highest BCUT2D eigenvalue weighted by Crippen LogP contribution is 2.24. The van der Waals surface area contributed by atoms with E-state index in [-0.39, 0.29) is 12.5 Å². The molecule has 3 amide bonds. The standard InChI is InChI=1S/C15H17N3O3/c1-4-15(2)13(19)18(14(20)17-15)9-10-5-6-12(21-3)11(7-10)8-16/h5-7H,4,9H2,1-3H3,(H,17,20). The van der Waals surface area contributed by atoms with Crippen molar-refractivity contribution in [1.29, 1.82) is 5.26 Å². The first-order valence-electron chi connectivity index (χ1n) is 6.66. The summed E-state index contributed by atoms with van der Waals surface area (Å²) in [4.78, 5) is 25.4. The molecule has 1 aromatic carbocycles. The van der Waals surface area contributed by atoms with Crippen LogP contribution >= 0.6 is 0 Å². The van der Waals surface area contributed by atoms with Gasteiger partial charge in [0.2, 0.25) is 0 Å². The van der Waals surface area contributed by atoms with E-state index >= 15 is 0 Å². The lowest BCUT2D eigenvalue weighted by Crippen LogP contribution is -2.43. The summed E-state index contributed by atoms with van der Waals surface area (Å²) in [5.41, 5.74) is 0.234. The molecule has 6 nitrogen and oxygen atoms in total. The summed E-state index contributed by atoms with van der Waals surface area (Å²) in [5.74, 6) is 0.223. The average molecular weight is 287 g/mol. The maximum Gasteiger partial charge on any atom is 0.325 e. The Morgan fingerprint density at radius 3 is 2.67 bits per heavy atom. The third-order valence-corrected chi connectivity index (χ3v) is 3.78. The molecule has 21 heavy (non-hydrogen) atoms. The SMILES string of the molecule is CCC1(C)NC(=O)N(Cc2ccc(OC)c(C#N)c2)C1=O. The van der Waals surface area contributed by atoms with Crippen LogP contribution in [0.4, 0.5) is 4.79 Å². The zero-order valence-electron chi connectivity index (χ0n) is 12.3. The summed E-state index contributed by atoms with van der Waals surface area (Å²) in [6.07, 6.45) is 0.528. The van der Waals surface area contributed by atoms with Crippen molar-refractivity contribution in [2.45, 2.75) is 32.4 Å².